The molecule has 0 unspecified atom stereocenters. The molecule has 0 amide bonds. The lowest BCUT2D eigenvalue weighted by molar-refractivity contribution is 0.645. The minimum Gasteiger partial charge on any atom is -0.312 e. The van der Waals surface area contributed by atoms with E-state index in [-0.39, 0.29) is 0 Å². The molecule has 2 rings (SSSR count). The van der Waals surface area contributed by atoms with Crippen molar-refractivity contribution in [2.24, 2.45) is 0 Å². The van der Waals surface area contributed by atoms with Crippen molar-refractivity contribution >= 4 is 23.1 Å². The van der Waals surface area contributed by atoms with Crippen LogP contribution in [0.25, 0.3) is 0 Å². The van der Waals surface area contributed by atoms with Crippen molar-refractivity contribution in [1.29, 1.82) is 0 Å². The molecular weight excluding hydrogens is 272 g/mol. The number of thiazole rings is 1. The molecule has 19 heavy (non-hydrogen) atoms. The van der Waals surface area contributed by atoms with Crippen molar-refractivity contribution in [2.45, 2.75) is 37.0 Å². The molecule has 0 spiro atoms. The lowest BCUT2D eigenvalue weighted by atomic mass is 10.3. The zero-order valence-corrected chi connectivity index (χ0v) is 12.9. The quantitative estimate of drug-likeness (QED) is 0.579. The van der Waals surface area contributed by atoms with Gasteiger partial charge in [-0.1, -0.05) is 31.5 Å². The van der Waals surface area contributed by atoms with Gasteiger partial charge in [0.25, 0.3) is 0 Å². The van der Waals surface area contributed by atoms with Crippen molar-refractivity contribution in [3.63, 3.8) is 0 Å². The van der Waals surface area contributed by atoms with Gasteiger partial charge < -0.3 is 5.32 Å². The summed E-state index contributed by atoms with van der Waals surface area (Å²) < 4.78 is 0. The smallest absolute Gasteiger partial charge is 0.103 e. The zero-order valence-electron chi connectivity index (χ0n) is 11.3. The SMILES string of the molecule is CCCCNCc1cnc(CSc2ccccc2)s1. The van der Waals surface area contributed by atoms with Crippen LogP contribution in [-0.2, 0) is 12.3 Å². The third kappa shape index (κ3) is 5.35. The summed E-state index contributed by atoms with van der Waals surface area (Å²) in [6.07, 6.45) is 4.49. The van der Waals surface area contributed by atoms with Gasteiger partial charge in [0.05, 0.1) is 5.75 Å². The van der Waals surface area contributed by atoms with Gasteiger partial charge in [0, 0.05) is 22.5 Å². The van der Waals surface area contributed by atoms with E-state index in [0.717, 1.165) is 18.8 Å². The molecule has 0 radical (unpaired) electrons. The maximum absolute atomic E-state index is 4.49. The van der Waals surface area contributed by atoms with Crippen LogP contribution in [0.2, 0.25) is 0 Å². The molecule has 2 aromatic rings. The molecule has 2 nitrogen and oxygen atoms in total. The van der Waals surface area contributed by atoms with E-state index < -0.39 is 0 Å². The van der Waals surface area contributed by atoms with Gasteiger partial charge in [-0.2, -0.15) is 0 Å². The van der Waals surface area contributed by atoms with Crippen LogP contribution in [0.3, 0.4) is 0 Å². The summed E-state index contributed by atoms with van der Waals surface area (Å²) in [5, 5.41) is 4.66. The van der Waals surface area contributed by atoms with Crippen molar-refractivity contribution in [3.8, 4) is 0 Å². The maximum atomic E-state index is 4.49. The predicted molar refractivity (Wildman–Crippen MR) is 84.7 cm³/mol. The number of benzene rings is 1. The fraction of sp³-hybridized carbons (Fsp3) is 0.400. The summed E-state index contributed by atoms with van der Waals surface area (Å²) in [7, 11) is 0. The number of rotatable bonds is 8. The molecule has 102 valence electrons. The van der Waals surface area contributed by atoms with Crippen LogP contribution in [0.1, 0.15) is 29.7 Å². The first kappa shape index (κ1) is 14.6. The molecule has 0 fully saturated rings. The van der Waals surface area contributed by atoms with Crippen LogP contribution in [0.4, 0.5) is 0 Å². The Morgan fingerprint density at radius 2 is 2.11 bits per heavy atom. The first-order valence-corrected chi connectivity index (χ1v) is 8.51. The second kappa shape index (κ2) is 8.35. The van der Waals surface area contributed by atoms with Crippen molar-refractivity contribution < 1.29 is 0 Å². The van der Waals surface area contributed by atoms with Crippen molar-refractivity contribution in [3.05, 3.63) is 46.4 Å². The molecule has 0 aliphatic carbocycles. The first-order chi connectivity index (χ1) is 9.38. The molecule has 1 aromatic carbocycles. The molecule has 0 saturated carbocycles. The van der Waals surface area contributed by atoms with Gasteiger partial charge in [0.15, 0.2) is 0 Å². The molecule has 0 saturated heterocycles. The lowest BCUT2D eigenvalue weighted by Gasteiger charge is -2.00. The second-order valence-corrected chi connectivity index (χ2v) is 6.60. The number of hydrogen-bond donors (Lipinski definition) is 1. The Kier molecular flexibility index (Phi) is 6.41. The van der Waals surface area contributed by atoms with E-state index >= 15 is 0 Å². The van der Waals surface area contributed by atoms with E-state index in [1.165, 1.54) is 27.6 Å². The van der Waals surface area contributed by atoms with Crippen molar-refractivity contribution in [1.82, 2.24) is 10.3 Å². The Bertz CT molecular complexity index is 468. The maximum Gasteiger partial charge on any atom is 0.103 e. The fourth-order valence-corrected chi connectivity index (χ4v) is 3.49. The van der Waals surface area contributed by atoms with Gasteiger partial charge in [0.1, 0.15) is 5.01 Å². The van der Waals surface area contributed by atoms with E-state index in [4.69, 9.17) is 0 Å². The Morgan fingerprint density at radius 3 is 2.89 bits per heavy atom. The summed E-state index contributed by atoms with van der Waals surface area (Å²) in [5.74, 6) is 0.962. The zero-order chi connectivity index (χ0) is 13.3. The van der Waals surface area contributed by atoms with Gasteiger partial charge in [-0.25, -0.2) is 4.98 Å². The number of hydrogen-bond acceptors (Lipinski definition) is 4. The number of thioether (sulfide) groups is 1. The van der Waals surface area contributed by atoms with E-state index in [2.05, 4.69) is 41.5 Å². The molecular formula is C15H20N2S2. The molecule has 0 aliphatic heterocycles. The van der Waals surface area contributed by atoms with Gasteiger partial charge in [-0.05, 0) is 25.1 Å². The van der Waals surface area contributed by atoms with Crippen LogP contribution in [-0.4, -0.2) is 11.5 Å². The summed E-state index contributed by atoms with van der Waals surface area (Å²) in [6.45, 7) is 4.27. The Morgan fingerprint density at radius 1 is 1.26 bits per heavy atom. The van der Waals surface area contributed by atoms with Crippen LogP contribution in [0, 0.1) is 0 Å². The average molecular weight is 292 g/mol. The number of aromatic nitrogens is 1. The summed E-state index contributed by atoms with van der Waals surface area (Å²) in [6, 6.07) is 10.5. The Hall–Kier alpha value is -0.840. The highest BCUT2D eigenvalue weighted by Crippen LogP contribution is 2.24. The number of unbranched alkanes of at least 4 members (excludes halogenated alkanes) is 1. The van der Waals surface area contributed by atoms with E-state index in [9.17, 15) is 0 Å². The van der Waals surface area contributed by atoms with E-state index in [1.807, 2.05) is 35.4 Å². The molecule has 0 bridgehead atoms. The van der Waals surface area contributed by atoms with Crippen molar-refractivity contribution in [2.75, 3.05) is 6.54 Å². The third-order valence-corrected chi connectivity index (χ3v) is 4.92. The summed E-state index contributed by atoms with van der Waals surface area (Å²) in [5.41, 5.74) is 0. The number of nitrogens with zero attached hydrogens (tertiary/aromatic N) is 1. The topological polar surface area (TPSA) is 24.9 Å². The van der Waals surface area contributed by atoms with Crippen LogP contribution in [0.5, 0.6) is 0 Å². The molecule has 0 atom stereocenters. The standard InChI is InChI=1S/C15H20N2S2/c1-2-3-9-16-10-14-11-17-15(19-14)12-18-13-7-5-4-6-8-13/h4-8,11,16H,2-3,9-10,12H2,1H3. The van der Waals surface area contributed by atoms with Gasteiger partial charge in [-0.3, -0.25) is 0 Å². The average Bonchev–Trinajstić information content (AvgIpc) is 2.91. The van der Waals surface area contributed by atoms with Crippen LogP contribution < -0.4 is 5.32 Å². The fourth-order valence-electron chi connectivity index (χ4n) is 1.67. The van der Waals surface area contributed by atoms with Gasteiger partial charge in [-0.15, -0.1) is 23.1 Å². The predicted octanol–water partition coefficient (Wildman–Crippen LogP) is 4.33. The van der Waals surface area contributed by atoms with E-state index in [1.54, 1.807) is 0 Å². The summed E-state index contributed by atoms with van der Waals surface area (Å²) >= 11 is 3.66. The second-order valence-electron chi connectivity index (χ2n) is 4.35. The molecule has 1 aromatic heterocycles. The summed E-state index contributed by atoms with van der Waals surface area (Å²) in [4.78, 5) is 7.13. The van der Waals surface area contributed by atoms with Gasteiger partial charge >= 0.3 is 0 Å². The highest BCUT2D eigenvalue weighted by Gasteiger charge is 2.02. The highest BCUT2D eigenvalue weighted by molar-refractivity contribution is 7.98. The van der Waals surface area contributed by atoms with Gasteiger partial charge in [0.2, 0.25) is 0 Å². The monoisotopic (exact) mass is 292 g/mol. The third-order valence-electron chi connectivity index (χ3n) is 2.71. The minimum absolute atomic E-state index is 0.952. The Balaban J connectivity index is 1.74. The first-order valence-electron chi connectivity index (χ1n) is 6.70. The molecule has 1 heterocycles. The molecule has 1 N–H and O–H groups in total. The molecule has 0 aliphatic rings. The largest absolute Gasteiger partial charge is 0.312 e. The van der Waals surface area contributed by atoms with E-state index in [0.29, 0.717) is 0 Å². The number of nitrogens with one attached hydrogen (secondary N) is 1. The lowest BCUT2D eigenvalue weighted by Crippen LogP contribution is -2.13. The molecule has 4 heteroatoms. The van der Waals surface area contributed by atoms with Crippen LogP contribution >= 0.6 is 23.1 Å². The normalized spacial score (nSPS) is 10.8. The van der Waals surface area contributed by atoms with Crippen LogP contribution in [0.15, 0.2) is 41.4 Å². The minimum atomic E-state index is 0.952. The Labute approximate surface area is 123 Å². The highest BCUT2D eigenvalue weighted by atomic mass is 32.2.